The van der Waals surface area contributed by atoms with Crippen molar-refractivity contribution < 1.29 is 5.11 Å². The number of hydrogen-bond acceptors (Lipinski definition) is 4. The van der Waals surface area contributed by atoms with Crippen LogP contribution in [0.3, 0.4) is 0 Å². The molecule has 3 aromatic rings. The van der Waals surface area contributed by atoms with E-state index in [2.05, 4.69) is 40.3 Å². The second kappa shape index (κ2) is 6.89. The van der Waals surface area contributed by atoms with Gasteiger partial charge >= 0.3 is 0 Å². The van der Waals surface area contributed by atoms with E-state index in [4.69, 9.17) is 0 Å². The molecule has 0 radical (unpaired) electrons. The van der Waals surface area contributed by atoms with Crippen molar-refractivity contribution in [1.82, 2.24) is 0 Å². The first-order valence-corrected chi connectivity index (χ1v) is 8.63. The molecule has 0 saturated carbocycles. The van der Waals surface area contributed by atoms with Crippen molar-refractivity contribution in [2.45, 2.75) is 19.1 Å². The van der Waals surface area contributed by atoms with Gasteiger partial charge in [-0.3, -0.25) is 0 Å². The molecule has 4 heteroatoms. The predicted octanol–water partition coefficient (Wildman–Crippen LogP) is 4.70. The van der Waals surface area contributed by atoms with Crippen molar-refractivity contribution >= 4 is 28.4 Å². The minimum absolute atomic E-state index is 0.0735. The highest BCUT2D eigenvalue weighted by Crippen LogP contribution is 2.28. The molecule has 0 amide bonds. The third-order valence-corrected chi connectivity index (χ3v) is 5.21. The van der Waals surface area contributed by atoms with Crippen LogP contribution in [0.15, 0.2) is 59.3 Å². The van der Waals surface area contributed by atoms with Crippen LogP contribution in [0.2, 0.25) is 0 Å². The molecule has 1 atom stereocenters. The molecule has 2 aromatic heterocycles. The normalized spacial score (nSPS) is 12.2. The summed E-state index contributed by atoms with van der Waals surface area (Å²) in [6.45, 7) is 0.0735. The minimum atomic E-state index is 0.0735. The van der Waals surface area contributed by atoms with Crippen molar-refractivity contribution in [2.24, 2.45) is 0 Å². The monoisotopic (exact) mass is 315 g/mol. The van der Waals surface area contributed by atoms with Crippen LogP contribution in [-0.2, 0) is 13.0 Å². The van der Waals surface area contributed by atoms with Gasteiger partial charge in [0.15, 0.2) is 0 Å². The van der Waals surface area contributed by atoms with Crippen molar-refractivity contribution in [3.8, 4) is 0 Å². The second-order valence-corrected chi connectivity index (χ2v) is 6.87. The number of rotatable bonds is 6. The Labute approximate surface area is 132 Å². The smallest absolute Gasteiger partial charge is 0.0682 e. The summed E-state index contributed by atoms with van der Waals surface area (Å²) >= 11 is 3.57. The molecule has 0 bridgehead atoms. The zero-order valence-corrected chi connectivity index (χ0v) is 13.2. The van der Waals surface area contributed by atoms with E-state index in [9.17, 15) is 5.11 Å². The van der Waals surface area contributed by atoms with E-state index in [1.54, 1.807) is 22.7 Å². The van der Waals surface area contributed by atoms with Crippen LogP contribution < -0.4 is 5.32 Å². The maximum Gasteiger partial charge on any atom is 0.0682 e. The first-order valence-electron chi connectivity index (χ1n) is 6.87. The summed E-state index contributed by atoms with van der Waals surface area (Å²) in [5, 5.41) is 17.1. The summed E-state index contributed by atoms with van der Waals surface area (Å²) < 4.78 is 0. The summed E-state index contributed by atoms with van der Waals surface area (Å²) in [6.07, 6.45) is 0.974. The van der Waals surface area contributed by atoms with Crippen LogP contribution in [0.4, 0.5) is 5.69 Å². The lowest BCUT2D eigenvalue weighted by Crippen LogP contribution is -2.12. The average Bonchev–Trinajstić information content (AvgIpc) is 3.20. The Morgan fingerprint density at radius 2 is 1.86 bits per heavy atom. The van der Waals surface area contributed by atoms with E-state index < -0.39 is 0 Å². The fourth-order valence-corrected chi connectivity index (χ4v) is 3.83. The van der Waals surface area contributed by atoms with Gasteiger partial charge in [0, 0.05) is 21.9 Å². The van der Waals surface area contributed by atoms with Gasteiger partial charge in [0.25, 0.3) is 0 Å². The van der Waals surface area contributed by atoms with Crippen molar-refractivity contribution in [3.05, 3.63) is 74.6 Å². The highest BCUT2D eigenvalue weighted by molar-refractivity contribution is 7.10. The Morgan fingerprint density at radius 3 is 2.57 bits per heavy atom. The van der Waals surface area contributed by atoms with Gasteiger partial charge in [0.2, 0.25) is 0 Å². The predicted molar refractivity (Wildman–Crippen MR) is 91.1 cm³/mol. The molecular formula is C17H17NOS2. The molecule has 0 aliphatic heterocycles. The molecule has 1 unspecified atom stereocenters. The van der Waals surface area contributed by atoms with Crippen molar-refractivity contribution in [2.75, 3.05) is 5.32 Å². The molecule has 2 N–H and O–H groups in total. The van der Waals surface area contributed by atoms with Crippen LogP contribution in [-0.4, -0.2) is 5.11 Å². The van der Waals surface area contributed by atoms with Gasteiger partial charge in [-0.25, -0.2) is 0 Å². The third-order valence-electron chi connectivity index (χ3n) is 3.32. The molecule has 2 heterocycles. The zero-order chi connectivity index (χ0) is 14.5. The van der Waals surface area contributed by atoms with Crippen LogP contribution in [0.1, 0.15) is 21.4 Å². The lowest BCUT2D eigenvalue weighted by molar-refractivity contribution is 0.282. The first-order chi connectivity index (χ1) is 10.3. The van der Waals surface area contributed by atoms with Gasteiger partial charge < -0.3 is 10.4 Å². The Bertz CT molecular complexity index is 662. The largest absolute Gasteiger partial charge is 0.392 e. The summed E-state index contributed by atoms with van der Waals surface area (Å²) in [5.74, 6) is 0. The van der Waals surface area contributed by atoms with Crippen LogP contribution in [0, 0.1) is 0 Å². The minimum Gasteiger partial charge on any atom is -0.392 e. The van der Waals surface area contributed by atoms with Crippen molar-refractivity contribution in [1.29, 1.82) is 0 Å². The van der Waals surface area contributed by atoms with E-state index >= 15 is 0 Å². The van der Waals surface area contributed by atoms with Crippen molar-refractivity contribution in [3.63, 3.8) is 0 Å². The molecule has 21 heavy (non-hydrogen) atoms. The molecule has 3 rings (SSSR count). The molecule has 0 saturated heterocycles. The number of thiophene rings is 2. The van der Waals surface area contributed by atoms with Crippen LogP contribution in [0.5, 0.6) is 0 Å². The third kappa shape index (κ3) is 3.73. The Morgan fingerprint density at radius 1 is 1.00 bits per heavy atom. The van der Waals surface area contributed by atoms with E-state index in [1.165, 1.54) is 9.75 Å². The fourth-order valence-electron chi connectivity index (χ4n) is 2.30. The highest BCUT2D eigenvalue weighted by Gasteiger charge is 2.14. The number of hydrogen-bond donors (Lipinski definition) is 2. The van der Waals surface area contributed by atoms with Gasteiger partial charge in [-0.05, 0) is 40.6 Å². The number of benzene rings is 1. The fraction of sp³-hybridized carbons (Fsp3) is 0.176. The lowest BCUT2D eigenvalue weighted by atomic mass is 10.1. The van der Waals surface area contributed by atoms with Gasteiger partial charge in [0.05, 0.1) is 12.6 Å². The van der Waals surface area contributed by atoms with Gasteiger partial charge in [-0.2, -0.15) is 0 Å². The van der Waals surface area contributed by atoms with Gasteiger partial charge in [-0.1, -0.05) is 24.3 Å². The average molecular weight is 315 g/mol. The van der Waals surface area contributed by atoms with E-state index in [0.717, 1.165) is 17.7 Å². The van der Waals surface area contributed by atoms with E-state index in [-0.39, 0.29) is 12.6 Å². The van der Waals surface area contributed by atoms with Gasteiger partial charge in [0.1, 0.15) is 0 Å². The summed E-state index contributed by atoms with van der Waals surface area (Å²) in [6, 6.07) is 16.8. The van der Waals surface area contributed by atoms with Crippen LogP contribution in [0.25, 0.3) is 0 Å². The molecule has 108 valence electrons. The summed E-state index contributed by atoms with van der Waals surface area (Å²) in [5.41, 5.74) is 1.98. The van der Waals surface area contributed by atoms with Gasteiger partial charge in [-0.15, -0.1) is 22.7 Å². The quantitative estimate of drug-likeness (QED) is 0.691. The standard InChI is InChI=1S/C17H17NOS2/c19-12-13-4-1-5-14(10-13)18-16(17-7-3-9-21-17)11-15-6-2-8-20-15/h1-10,16,18-19H,11-12H2. The summed E-state index contributed by atoms with van der Waals surface area (Å²) in [4.78, 5) is 2.71. The number of aliphatic hydroxyl groups excluding tert-OH is 1. The zero-order valence-electron chi connectivity index (χ0n) is 11.5. The molecule has 0 aliphatic carbocycles. The molecule has 0 aliphatic rings. The topological polar surface area (TPSA) is 32.3 Å². The van der Waals surface area contributed by atoms with E-state index in [0.29, 0.717) is 0 Å². The lowest BCUT2D eigenvalue weighted by Gasteiger charge is -2.18. The maximum atomic E-state index is 9.26. The molecule has 1 aromatic carbocycles. The Hall–Kier alpha value is -1.62. The van der Waals surface area contributed by atoms with Crippen LogP contribution >= 0.6 is 22.7 Å². The second-order valence-electron chi connectivity index (χ2n) is 4.85. The highest BCUT2D eigenvalue weighted by atomic mass is 32.1. The SMILES string of the molecule is OCc1cccc(NC(Cc2cccs2)c2cccs2)c1. The molecule has 0 spiro atoms. The molecule has 0 fully saturated rings. The number of aliphatic hydroxyl groups is 1. The van der Waals surface area contributed by atoms with E-state index in [1.807, 2.05) is 24.3 Å². The number of anilines is 1. The molecular weight excluding hydrogens is 298 g/mol. The molecule has 2 nitrogen and oxygen atoms in total. The first kappa shape index (κ1) is 14.3. The Kier molecular flexibility index (Phi) is 4.70. The summed E-state index contributed by atoms with van der Waals surface area (Å²) in [7, 11) is 0. The Balaban J connectivity index is 1.81. The maximum absolute atomic E-state index is 9.26. The number of nitrogens with one attached hydrogen (secondary N) is 1.